The van der Waals surface area contributed by atoms with E-state index in [4.69, 9.17) is 16.3 Å². The number of hydrogen-bond donors (Lipinski definition) is 1. The number of ether oxygens (including phenoxy) is 1. The van der Waals surface area contributed by atoms with Crippen molar-refractivity contribution in [3.63, 3.8) is 0 Å². The zero-order valence-electron chi connectivity index (χ0n) is 15.4. The summed E-state index contributed by atoms with van der Waals surface area (Å²) >= 11 is 5.98. The molecule has 2 aromatic heterocycles. The van der Waals surface area contributed by atoms with Gasteiger partial charge in [0.1, 0.15) is 6.04 Å². The van der Waals surface area contributed by atoms with Gasteiger partial charge in [-0.05, 0) is 50.2 Å². The fraction of sp³-hybridized carbons (Fsp3) is 0.200. The molecule has 0 amide bonds. The molecule has 4 rings (SSSR count). The van der Waals surface area contributed by atoms with E-state index in [1.165, 1.54) is 0 Å². The monoisotopic (exact) mass is 395 g/mol. The van der Waals surface area contributed by atoms with Gasteiger partial charge in [0, 0.05) is 22.5 Å². The highest BCUT2D eigenvalue weighted by Gasteiger charge is 2.36. The highest BCUT2D eigenvalue weighted by molar-refractivity contribution is 6.30. The van der Waals surface area contributed by atoms with Gasteiger partial charge in [0.25, 0.3) is 0 Å². The summed E-state index contributed by atoms with van der Waals surface area (Å²) in [5.74, 6) is 0.654. The number of carbonyl (C=O) groups excluding carboxylic acids is 1. The van der Waals surface area contributed by atoms with Crippen LogP contribution in [0, 0.1) is 0 Å². The zero-order valence-corrected chi connectivity index (χ0v) is 16.1. The van der Waals surface area contributed by atoms with Crippen LogP contribution < -0.4 is 5.32 Å². The number of esters is 1. The number of carbonyl (C=O) groups is 1. The molecule has 3 aromatic rings. The Morgan fingerprint density at radius 2 is 2.04 bits per heavy atom. The van der Waals surface area contributed by atoms with Gasteiger partial charge in [-0.25, -0.2) is 9.48 Å². The summed E-state index contributed by atoms with van der Waals surface area (Å²) < 4.78 is 6.95. The lowest BCUT2D eigenvalue weighted by Crippen LogP contribution is -2.30. The van der Waals surface area contributed by atoms with Crippen molar-refractivity contribution in [2.45, 2.75) is 19.9 Å². The Balaban J connectivity index is 1.84. The van der Waals surface area contributed by atoms with Crippen molar-refractivity contribution in [2.75, 3.05) is 11.9 Å². The van der Waals surface area contributed by atoms with Crippen molar-refractivity contribution in [3.8, 4) is 11.4 Å². The number of aromatic nitrogens is 4. The minimum Gasteiger partial charge on any atom is -0.463 e. The van der Waals surface area contributed by atoms with Crippen molar-refractivity contribution < 1.29 is 9.53 Å². The summed E-state index contributed by atoms with van der Waals surface area (Å²) in [4.78, 5) is 21.7. The van der Waals surface area contributed by atoms with Crippen LogP contribution in [-0.2, 0) is 9.53 Å². The van der Waals surface area contributed by atoms with Crippen molar-refractivity contribution in [3.05, 3.63) is 70.6 Å². The second-order valence-corrected chi connectivity index (χ2v) is 6.69. The molecule has 1 atom stereocenters. The summed E-state index contributed by atoms with van der Waals surface area (Å²) in [6, 6.07) is 12.3. The second-order valence-electron chi connectivity index (χ2n) is 6.25. The maximum atomic E-state index is 12.7. The Bertz CT molecular complexity index is 1040. The summed E-state index contributed by atoms with van der Waals surface area (Å²) in [5, 5.41) is 8.46. The lowest BCUT2D eigenvalue weighted by atomic mass is 10.00. The summed E-state index contributed by atoms with van der Waals surface area (Å²) in [6.07, 6.45) is 1.69. The molecule has 0 radical (unpaired) electrons. The zero-order chi connectivity index (χ0) is 19.7. The van der Waals surface area contributed by atoms with Gasteiger partial charge in [0.2, 0.25) is 5.95 Å². The largest absolute Gasteiger partial charge is 0.463 e. The highest BCUT2D eigenvalue weighted by atomic mass is 35.5. The SMILES string of the molecule is CCOC(=O)C1=C(C)Nc2nc(-c3ccc(Cl)cc3)nn2[C@@H]1c1ccccn1. The van der Waals surface area contributed by atoms with Gasteiger partial charge in [0.15, 0.2) is 5.82 Å². The first-order chi connectivity index (χ1) is 13.6. The van der Waals surface area contributed by atoms with Crippen molar-refractivity contribution in [2.24, 2.45) is 0 Å². The van der Waals surface area contributed by atoms with E-state index >= 15 is 0 Å². The molecule has 0 unspecified atom stereocenters. The lowest BCUT2D eigenvalue weighted by Gasteiger charge is -2.27. The Morgan fingerprint density at radius 3 is 2.71 bits per heavy atom. The number of allylic oxidation sites excluding steroid dienone is 1. The number of nitrogens with zero attached hydrogens (tertiary/aromatic N) is 4. The Kier molecular flexibility index (Phi) is 4.83. The van der Waals surface area contributed by atoms with E-state index in [1.54, 1.807) is 29.9 Å². The number of nitrogens with one attached hydrogen (secondary N) is 1. The number of rotatable bonds is 4. The maximum absolute atomic E-state index is 12.7. The molecule has 3 heterocycles. The first-order valence-corrected chi connectivity index (χ1v) is 9.24. The molecule has 0 bridgehead atoms. The molecule has 0 spiro atoms. The van der Waals surface area contributed by atoms with Gasteiger partial charge in [-0.2, -0.15) is 4.98 Å². The van der Waals surface area contributed by atoms with Gasteiger partial charge in [0.05, 0.1) is 17.9 Å². The minimum absolute atomic E-state index is 0.283. The topological polar surface area (TPSA) is 81.9 Å². The van der Waals surface area contributed by atoms with Crippen LogP contribution in [0.4, 0.5) is 5.95 Å². The molecule has 1 aromatic carbocycles. The lowest BCUT2D eigenvalue weighted by molar-refractivity contribution is -0.139. The number of benzene rings is 1. The smallest absolute Gasteiger partial charge is 0.338 e. The number of hydrogen-bond acceptors (Lipinski definition) is 6. The minimum atomic E-state index is -0.537. The van der Waals surface area contributed by atoms with E-state index in [0.717, 1.165) is 5.56 Å². The average molecular weight is 396 g/mol. The third kappa shape index (κ3) is 3.25. The Hall–Kier alpha value is -3.19. The molecule has 1 aliphatic heterocycles. The van der Waals surface area contributed by atoms with Crippen LogP contribution in [0.1, 0.15) is 25.6 Å². The molecule has 28 heavy (non-hydrogen) atoms. The first kappa shape index (κ1) is 18.2. The van der Waals surface area contributed by atoms with Crippen LogP contribution >= 0.6 is 11.6 Å². The van der Waals surface area contributed by atoms with Crippen LogP contribution in [0.25, 0.3) is 11.4 Å². The summed E-state index contributed by atoms with van der Waals surface area (Å²) in [6.45, 7) is 3.88. The van der Waals surface area contributed by atoms with E-state index in [1.807, 2.05) is 37.3 Å². The van der Waals surface area contributed by atoms with Crippen LogP contribution in [0.2, 0.25) is 5.02 Å². The molecular weight excluding hydrogens is 378 g/mol. The number of anilines is 1. The van der Waals surface area contributed by atoms with Gasteiger partial charge in [-0.15, -0.1) is 5.10 Å². The molecule has 7 nitrogen and oxygen atoms in total. The number of halogens is 1. The summed E-state index contributed by atoms with van der Waals surface area (Å²) in [7, 11) is 0. The normalized spacial score (nSPS) is 15.8. The van der Waals surface area contributed by atoms with E-state index < -0.39 is 12.0 Å². The standard InChI is InChI=1S/C20H18ClN5O2/c1-3-28-19(27)16-12(2)23-20-24-18(13-7-9-14(21)10-8-13)25-26(20)17(16)15-6-4-5-11-22-15/h4-11,17H,3H2,1-2H3,(H,23,24,25)/t17-/m1/s1. The quantitative estimate of drug-likeness (QED) is 0.676. The molecule has 0 saturated heterocycles. The predicted molar refractivity (Wildman–Crippen MR) is 106 cm³/mol. The van der Waals surface area contributed by atoms with Crippen molar-refractivity contribution in [1.82, 2.24) is 19.7 Å². The van der Waals surface area contributed by atoms with Gasteiger partial charge in [-0.1, -0.05) is 17.7 Å². The third-order valence-corrected chi connectivity index (χ3v) is 4.67. The first-order valence-electron chi connectivity index (χ1n) is 8.86. The molecule has 0 fully saturated rings. The molecule has 142 valence electrons. The van der Waals surface area contributed by atoms with Crippen molar-refractivity contribution in [1.29, 1.82) is 0 Å². The molecule has 0 aliphatic carbocycles. The molecule has 1 N–H and O–H groups in total. The van der Waals surface area contributed by atoms with Gasteiger partial charge >= 0.3 is 5.97 Å². The average Bonchev–Trinajstić information content (AvgIpc) is 3.11. The van der Waals surface area contributed by atoms with Crippen molar-refractivity contribution >= 4 is 23.5 Å². The van der Waals surface area contributed by atoms with Gasteiger partial charge in [-0.3, -0.25) is 4.98 Å². The maximum Gasteiger partial charge on any atom is 0.338 e. The van der Waals surface area contributed by atoms with E-state index in [9.17, 15) is 4.79 Å². The van der Waals surface area contributed by atoms with E-state index in [2.05, 4.69) is 20.4 Å². The highest BCUT2D eigenvalue weighted by Crippen LogP contribution is 2.36. The van der Waals surface area contributed by atoms with Crippen LogP contribution in [0.15, 0.2) is 59.9 Å². The predicted octanol–water partition coefficient (Wildman–Crippen LogP) is 3.85. The van der Waals surface area contributed by atoms with E-state index in [0.29, 0.717) is 33.8 Å². The fourth-order valence-corrected chi connectivity index (χ4v) is 3.28. The van der Waals surface area contributed by atoms with E-state index in [-0.39, 0.29) is 6.61 Å². The Labute approximate surface area is 167 Å². The van der Waals surface area contributed by atoms with Gasteiger partial charge < -0.3 is 10.1 Å². The number of pyridine rings is 1. The second kappa shape index (κ2) is 7.44. The number of fused-ring (bicyclic) bond motifs is 1. The summed E-state index contributed by atoms with van der Waals surface area (Å²) in [5.41, 5.74) is 2.63. The third-order valence-electron chi connectivity index (χ3n) is 4.42. The Morgan fingerprint density at radius 1 is 1.25 bits per heavy atom. The fourth-order valence-electron chi connectivity index (χ4n) is 3.16. The molecule has 8 heteroatoms. The molecule has 0 saturated carbocycles. The van der Waals surface area contributed by atoms with Crippen LogP contribution in [-0.4, -0.2) is 32.3 Å². The van der Waals surface area contributed by atoms with Crippen LogP contribution in [0.3, 0.4) is 0 Å². The van der Waals surface area contributed by atoms with Crippen LogP contribution in [0.5, 0.6) is 0 Å². The molecular formula is C20H18ClN5O2. The molecule has 1 aliphatic rings.